The molecule has 4 nitrogen and oxygen atoms in total. The molecule has 0 spiro atoms. The van der Waals surface area contributed by atoms with Crippen LogP contribution in [0.3, 0.4) is 0 Å². The minimum atomic E-state index is -3.15. The summed E-state index contributed by atoms with van der Waals surface area (Å²) >= 11 is 0. The van der Waals surface area contributed by atoms with Crippen molar-refractivity contribution >= 4 is 15.5 Å². The zero-order valence-electron chi connectivity index (χ0n) is 6.32. The highest BCUT2D eigenvalue weighted by atomic mass is 32.2. The summed E-state index contributed by atoms with van der Waals surface area (Å²) < 4.78 is 21.9. The fourth-order valence-corrected chi connectivity index (χ4v) is 1.76. The molecule has 0 amide bonds. The quantitative estimate of drug-likeness (QED) is 0.293. The molecule has 0 heterocycles. The van der Waals surface area contributed by atoms with Crippen LogP contribution in [-0.2, 0) is 9.84 Å². The number of sulfone groups is 1. The van der Waals surface area contributed by atoms with Gasteiger partial charge in [0.25, 0.3) is 0 Å². The first kappa shape index (κ1) is 10.2. The normalized spacial score (nSPS) is 13.0. The summed E-state index contributed by atoms with van der Waals surface area (Å²) in [6.07, 6.45) is 1.31. The van der Waals surface area contributed by atoms with E-state index < -0.39 is 9.84 Å². The van der Waals surface area contributed by atoms with E-state index in [2.05, 4.69) is 11.7 Å². The summed E-state index contributed by atoms with van der Waals surface area (Å²) in [5, 5.41) is 10.9. The number of hydrogen-bond acceptors (Lipinski definition) is 4. The van der Waals surface area contributed by atoms with Gasteiger partial charge in [-0.1, -0.05) is 11.2 Å². The second-order valence-electron chi connectivity index (χ2n) is 2.18. The summed E-state index contributed by atoms with van der Waals surface area (Å²) in [6.45, 7) is 4.74. The molecular weight excluding hydrogens is 166 g/mol. The van der Waals surface area contributed by atoms with Gasteiger partial charge in [-0.05, 0) is 6.92 Å². The highest BCUT2D eigenvalue weighted by Crippen LogP contribution is 1.92. The van der Waals surface area contributed by atoms with Crippen LogP contribution < -0.4 is 0 Å². The lowest BCUT2D eigenvalue weighted by atomic mass is 10.5. The standard InChI is InChI=1S/C6H11NO3S/c1-3-4-11(9,10)5-6(2)7-8/h3,8H,1,4-5H2,2H3. The van der Waals surface area contributed by atoms with Crippen LogP contribution in [0.4, 0.5) is 0 Å². The lowest BCUT2D eigenvalue weighted by Gasteiger charge is -1.97. The number of oxime groups is 1. The Morgan fingerprint density at radius 1 is 1.73 bits per heavy atom. The molecule has 0 radical (unpaired) electrons. The van der Waals surface area contributed by atoms with E-state index in [0.29, 0.717) is 0 Å². The molecule has 0 rings (SSSR count). The molecule has 0 aliphatic carbocycles. The van der Waals surface area contributed by atoms with Crippen molar-refractivity contribution in [3.05, 3.63) is 12.7 Å². The van der Waals surface area contributed by atoms with Gasteiger partial charge in [0.15, 0.2) is 9.84 Å². The van der Waals surface area contributed by atoms with Gasteiger partial charge in [-0.15, -0.1) is 6.58 Å². The van der Waals surface area contributed by atoms with Crippen molar-refractivity contribution in [1.82, 2.24) is 0 Å². The second kappa shape index (κ2) is 4.12. The van der Waals surface area contributed by atoms with Gasteiger partial charge in [0.2, 0.25) is 0 Å². The molecule has 0 bridgehead atoms. The average molecular weight is 177 g/mol. The van der Waals surface area contributed by atoms with E-state index in [0.717, 1.165) is 0 Å². The van der Waals surface area contributed by atoms with Crippen LogP contribution in [-0.4, -0.2) is 30.8 Å². The molecule has 0 aliphatic heterocycles. The molecule has 0 aromatic rings. The van der Waals surface area contributed by atoms with Crippen molar-refractivity contribution in [2.75, 3.05) is 11.5 Å². The molecule has 0 aromatic carbocycles. The van der Waals surface area contributed by atoms with Gasteiger partial charge in [0, 0.05) is 0 Å². The Morgan fingerprint density at radius 2 is 2.27 bits per heavy atom. The number of rotatable bonds is 4. The van der Waals surface area contributed by atoms with E-state index in [1.54, 1.807) is 0 Å². The molecule has 64 valence electrons. The fourth-order valence-electron chi connectivity index (χ4n) is 0.586. The summed E-state index contributed by atoms with van der Waals surface area (Å²) in [4.78, 5) is 0. The zero-order chi connectivity index (χ0) is 8.91. The number of hydrogen-bond donors (Lipinski definition) is 1. The Labute approximate surface area is 66.1 Å². The highest BCUT2D eigenvalue weighted by Gasteiger charge is 2.09. The smallest absolute Gasteiger partial charge is 0.159 e. The van der Waals surface area contributed by atoms with Crippen molar-refractivity contribution in [2.24, 2.45) is 5.16 Å². The van der Waals surface area contributed by atoms with Crippen molar-refractivity contribution < 1.29 is 13.6 Å². The lowest BCUT2D eigenvalue weighted by molar-refractivity contribution is 0.318. The SMILES string of the molecule is C=CCS(=O)(=O)CC(C)=NO. The molecule has 0 unspecified atom stereocenters. The van der Waals surface area contributed by atoms with Gasteiger partial charge in [-0.2, -0.15) is 0 Å². The third kappa shape index (κ3) is 4.55. The third-order valence-electron chi connectivity index (χ3n) is 0.971. The first-order valence-electron chi connectivity index (χ1n) is 3.00. The predicted molar refractivity (Wildman–Crippen MR) is 43.7 cm³/mol. The summed E-state index contributed by atoms with van der Waals surface area (Å²) in [5.41, 5.74) is 0.187. The highest BCUT2D eigenvalue weighted by molar-refractivity contribution is 7.92. The molecule has 0 saturated heterocycles. The monoisotopic (exact) mass is 177 g/mol. The Morgan fingerprint density at radius 3 is 2.64 bits per heavy atom. The second-order valence-corrected chi connectivity index (χ2v) is 4.29. The first-order valence-corrected chi connectivity index (χ1v) is 4.83. The van der Waals surface area contributed by atoms with Crippen LogP contribution >= 0.6 is 0 Å². The van der Waals surface area contributed by atoms with Crippen molar-refractivity contribution in [3.63, 3.8) is 0 Å². The maximum atomic E-state index is 10.9. The Balaban J connectivity index is 4.25. The van der Waals surface area contributed by atoms with Crippen LogP contribution in [0.25, 0.3) is 0 Å². The Kier molecular flexibility index (Phi) is 3.81. The van der Waals surface area contributed by atoms with Crippen molar-refractivity contribution in [3.8, 4) is 0 Å². The van der Waals surface area contributed by atoms with Crippen LogP contribution in [0.2, 0.25) is 0 Å². The predicted octanol–water partition coefficient (Wildman–Crippen LogP) is 0.437. The van der Waals surface area contributed by atoms with Crippen LogP contribution in [0.5, 0.6) is 0 Å². The van der Waals surface area contributed by atoms with Gasteiger partial charge in [-0.25, -0.2) is 8.42 Å². The number of nitrogens with zero attached hydrogens (tertiary/aromatic N) is 1. The van der Waals surface area contributed by atoms with Gasteiger partial charge < -0.3 is 5.21 Å². The summed E-state index contributed by atoms with van der Waals surface area (Å²) in [6, 6.07) is 0. The van der Waals surface area contributed by atoms with E-state index >= 15 is 0 Å². The summed E-state index contributed by atoms with van der Waals surface area (Å²) in [5.74, 6) is -0.296. The molecule has 1 N–H and O–H groups in total. The van der Waals surface area contributed by atoms with E-state index in [1.165, 1.54) is 13.0 Å². The van der Waals surface area contributed by atoms with Crippen molar-refractivity contribution in [1.29, 1.82) is 0 Å². The first-order chi connectivity index (χ1) is 5.02. The molecule has 0 aliphatic rings. The average Bonchev–Trinajstić information content (AvgIpc) is 1.86. The molecule has 0 saturated carbocycles. The summed E-state index contributed by atoms with van der Waals surface area (Å²) in [7, 11) is -3.15. The van der Waals surface area contributed by atoms with Gasteiger partial charge in [0.05, 0.1) is 17.2 Å². The van der Waals surface area contributed by atoms with Crippen LogP contribution in [0, 0.1) is 0 Å². The van der Waals surface area contributed by atoms with Gasteiger partial charge >= 0.3 is 0 Å². The van der Waals surface area contributed by atoms with Gasteiger partial charge in [0.1, 0.15) is 0 Å². The molecule has 0 fully saturated rings. The van der Waals surface area contributed by atoms with E-state index in [-0.39, 0.29) is 17.2 Å². The van der Waals surface area contributed by atoms with Crippen molar-refractivity contribution in [2.45, 2.75) is 6.92 Å². The molecule has 0 aromatic heterocycles. The third-order valence-corrected chi connectivity index (χ3v) is 2.57. The zero-order valence-corrected chi connectivity index (χ0v) is 7.13. The molecule has 11 heavy (non-hydrogen) atoms. The minimum Gasteiger partial charge on any atom is -0.411 e. The van der Waals surface area contributed by atoms with E-state index in [4.69, 9.17) is 5.21 Å². The lowest BCUT2D eigenvalue weighted by Crippen LogP contribution is -2.15. The fraction of sp³-hybridized carbons (Fsp3) is 0.500. The molecule has 0 atom stereocenters. The minimum absolute atomic E-state index is 0.0835. The molecular formula is C6H11NO3S. The Bertz CT molecular complexity index is 253. The maximum Gasteiger partial charge on any atom is 0.159 e. The topological polar surface area (TPSA) is 66.7 Å². The van der Waals surface area contributed by atoms with Gasteiger partial charge in [-0.3, -0.25) is 0 Å². The van der Waals surface area contributed by atoms with E-state index in [1.807, 2.05) is 0 Å². The van der Waals surface area contributed by atoms with Crippen LogP contribution in [0.1, 0.15) is 6.92 Å². The van der Waals surface area contributed by atoms with Crippen LogP contribution in [0.15, 0.2) is 17.8 Å². The maximum absolute atomic E-state index is 10.9. The Hall–Kier alpha value is -0.840. The largest absolute Gasteiger partial charge is 0.411 e. The molecule has 5 heteroatoms. The van der Waals surface area contributed by atoms with E-state index in [9.17, 15) is 8.42 Å².